The van der Waals surface area contributed by atoms with Gasteiger partial charge in [0.15, 0.2) is 0 Å². The van der Waals surface area contributed by atoms with Crippen LogP contribution in [0.3, 0.4) is 0 Å². The van der Waals surface area contributed by atoms with Crippen molar-refractivity contribution in [2.75, 3.05) is 6.61 Å². The van der Waals surface area contributed by atoms with E-state index in [4.69, 9.17) is 4.74 Å². The Kier molecular flexibility index (Phi) is 12.6. The van der Waals surface area contributed by atoms with Gasteiger partial charge in [0.05, 0.1) is 24.3 Å². The minimum atomic E-state index is -0.656. The predicted octanol–water partition coefficient (Wildman–Crippen LogP) is 6.59. The van der Waals surface area contributed by atoms with Crippen molar-refractivity contribution >= 4 is 0 Å². The van der Waals surface area contributed by atoms with E-state index in [1.807, 2.05) is 60.7 Å². The van der Waals surface area contributed by atoms with Crippen molar-refractivity contribution < 1.29 is 9.84 Å². The molecule has 42 heavy (non-hydrogen) atoms. The fourth-order valence-electron chi connectivity index (χ4n) is 5.15. The van der Waals surface area contributed by atoms with Gasteiger partial charge in [0, 0.05) is 25.2 Å². The molecule has 0 fully saturated rings. The molecule has 3 atom stereocenters. The zero-order valence-corrected chi connectivity index (χ0v) is 24.6. The number of aryl methyl sites for hydroxylation is 1. The molecule has 0 radical (unpaired) electrons. The summed E-state index contributed by atoms with van der Waals surface area (Å²) in [6, 6.07) is 38.5. The maximum absolute atomic E-state index is 12.0. The molecule has 0 aliphatic carbocycles. The molecule has 5 heteroatoms. The third-order valence-corrected chi connectivity index (χ3v) is 7.57. The lowest BCUT2D eigenvalue weighted by atomic mass is 9.92. The van der Waals surface area contributed by atoms with Gasteiger partial charge in [-0.05, 0) is 72.2 Å². The SMILES string of the molecule is CCCCOc1cccc(CN[C@H](CCc2ccccc2)[C@@H](O)[C@@H](Cc2ccccc2)NCc2cccc(C#N)c2)c1. The predicted molar refractivity (Wildman–Crippen MR) is 170 cm³/mol. The van der Waals surface area contributed by atoms with Crippen LogP contribution in [0.4, 0.5) is 0 Å². The first-order chi connectivity index (χ1) is 20.6. The average molecular weight is 562 g/mol. The van der Waals surface area contributed by atoms with E-state index in [-0.39, 0.29) is 12.1 Å². The highest BCUT2D eigenvalue weighted by Gasteiger charge is 2.27. The van der Waals surface area contributed by atoms with Crippen LogP contribution in [0, 0.1) is 11.3 Å². The first kappa shape index (κ1) is 31.0. The number of rotatable bonds is 17. The van der Waals surface area contributed by atoms with E-state index < -0.39 is 6.10 Å². The molecule has 5 nitrogen and oxygen atoms in total. The molecule has 0 spiro atoms. The number of hydrogen-bond donors (Lipinski definition) is 3. The van der Waals surface area contributed by atoms with E-state index in [0.29, 0.717) is 25.1 Å². The molecule has 0 bridgehead atoms. The number of hydrogen-bond acceptors (Lipinski definition) is 5. The van der Waals surface area contributed by atoms with Crippen LogP contribution in [0.25, 0.3) is 0 Å². The highest BCUT2D eigenvalue weighted by atomic mass is 16.5. The molecule has 4 aromatic rings. The molecule has 0 saturated carbocycles. The molecule has 0 aliphatic rings. The van der Waals surface area contributed by atoms with Gasteiger partial charge in [-0.2, -0.15) is 5.26 Å². The summed E-state index contributed by atoms with van der Waals surface area (Å²) in [5, 5.41) is 28.6. The van der Waals surface area contributed by atoms with E-state index in [1.54, 1.807) is 0 Å². The van der Waals surface area contributed by atoms with E-state index in [1.165, 1.54) is 11.1 Å². The lowest BCUT2D eigenvalue weighted by Gasteiger charge is -2.32. The summed E-state index contributed by atoms with van der Waals surface area (Å²) in [6.07, 6.45) is 3.81. The fraction of sp³-hybridized carbons (Fsp3) is 0.324. The molecule has 0 unspecified atom stereocenters. The summed E-state index contributed by atoms with van der Waals surface area (Å²) in [4.78, 5) is 0. The molecule has 218 valence electrons. The van der Waals surface area contributed by atoms with Crippen LogP contribution in [0.5, 0.6) is 5.75 Å². The minimum absolute atomic E-state index is 0.151. The van der Waals surface area contributed by atoms with Gasteiger partial charge in [0.2, 0.25) is 0 Å². The normalized spacial score (nSPS) is 13.2. The van der Waals surface area contributed by atoms with Crippen molar-refractivity contribution in [1.82, 2.24) is 10.6 Å². The Morgan fingerprint density at radius 1 is 0.738 bits per heavy atom. The molecule has 0 saturated heterocycles. The van der Waals surface area contributed by atoms with Crippen molar-refractivity contribution in [1.29, 1.82) is 5.26 Å². The second-order valence-corrected chi connectivity index (χ2v) is 10.8. The Balaban J connectivity index is 1.51. The summed E-state index contributed by atoms with van der Waals surface area (Å²) in [6.45, 7) is 4.07. The molecule has 0 amide bonds. The highest BCUT2D eigenvalue weighted by Crippen LogP contribution is 2.18. The third kappa shape index (κ3) is 10.2. The third-order valence-electron chi connectivity index (χ3n) is 7.57. The number of nitrogens with one attached hydrogen (secondary N) is 2. The Morgan fingerprint density at radius 3 is 2.05 bits per heavy atom. The van der Waals surface area contributed by atoms with Gasteiger partial charge in [-0.15, -0.1) is 0 Å². The number of nitrogens with zero attached hydrogens (tertiary/aromatic N) is 1. The van der Waals surface area contributed by atoms with Crippen molar-refractivity contribution in [3.63, 3.8) is 0 Å². The maximum Gasteiger partial charge on any atom is 0.119 e. The number of benzene rings is 4. The molecule has 4 rings (SSSR count). The fourth-order valence-corrected chi connectivity index (χ4v) is 5.15. The first-order valence-electron chi connectivity index (χ1n) is 15.1. The van der Waals surface area contributed by atoms with Crippen LogP contribution >= 0.6 is 0 Å². The monoisotopic (exact) mass is 561 g/mol. The quantitative estimate of drug-likeness (QED) is 0.127. The van der Waals surface area contributed by atoms with Crippen molar-refractivity contribution in [2.45, 2.75) is 70.3 Å². The van der Waals surface area contributed by atoms with Crippen LogP contribution in [0.15, 0.2) is 109 Å². The number of aliphatic hydroxyl groups is 1. The first-order valence-corrected chi connectivity index (χ1v) is 15.1. The number of nitriles is 1. The van der Waals surface area contributed by atoms with Crippen LogP contribution in [-0.2, 0) is 25.9 Å². The van der Waals surface area contributed by atoms with Gasteiger partial charge in [0.25, 0.3) is 0 Å². The van der Waals surface area contributed by atoms with Crippen LogP contribution in [0.1, 0.15) is 54.0 Å². The Morgan fingerprint density at radius 2 is 1.36 bits per heavy atom. The van der Waals surface area contributed by atoms with Crippen LogP contribution in [0.2, 0.25) is 0 Å². The Bertz CT molecular complexity index is 1370. The zero-order valence-electron chi connectivity index (χ0n) is 24.6. The van der Waals surface area contributed by atoms with Crippen molar-refractivity contribution in [2.24, 2.45) is 0 Å². The summed E-state index contributed by atoms with van der Waals surface area (Å²) in [5.41, 5.74) is 5.20. The van der Waals surface area contributed by atoms with Gasteiger partial charge in [-0.25, -0.2) is 0 Å². The lowest BCUT2D eigenvalue weighted by Crippen LogP contribution is -2.52. The molecular weight excluding hydrogens is 518 g/mol. The minimum Gasteiger partial charge on any atom is -0.494 e. The average Bonchev–Trinajstić information content (AvgIpc) is 3.04. The largest absolute Gasteiger partial charge is 0.494 e. The van der Waals surface area contributed by atoms with Crippen LogP contribution < -0.4 is 15.4 Å². The van der Waals surface area contributed by atoms with Gasteiger partial charge in [-0.1, -0.05) is 98.3 Å². The number of unbranched alkanes of at least 4 members (excludes halogenated alkanes) is 1. The Hall–Kier alpha value is -3.95. The smallest absolute Gasteiger partial charge is 0.119 e. The van der Waals surface area contributed by atoms with Crippen molar-refractivity contribution in [3.05, 3.63) is 137 Å². The second-order valence-electron chi connectivity index (χ2n) is 10.8. The molecule has 0 heterocycles. The molecule has 4 aromatic carbocycles. The summed E-state index contributed by atoms with van der Waals surface area (Å²) >= 11 is 0. The summed E-state index contributed by atoms with van der Waals surface area (Å²) in [5.74, 6) is 0.882. The second kappa shape index (κ2) is 17.1. The topological polar surface area (TPSA) is 77.3 Å². The summed E-state index contributed by atoms with van der Waals surface area (Å²) < 4.78 is 5.93. The van der Waals surface area contributed by atoms with Crippen molar-refractivity contribution in [3.8, 4) is 11.8 Å². The number of aliphatic hydroxyl groups excluding tert-OH is 1. The number of ether oxygens (including phenoxy) is 1. The van der Waals surface area contributed by atoms with Gasteiger partial charge in [-0.3, -0.25) is 0 Å². The van der Waals surface area contributed by atoms with Gasteiger partial charge < -0.3 is 20.5 Å². The lowest BCUT2D eigenvalue weighted by molar-refractivity contribution is 0.0810. The Labute approximate surface area is 251 Å². The van der Waals surface area contributed by atoms with E-state index in [9.17, 15) is 10.4 Å². The standard InChI is InChI=1S/C37H43N3O2/c1-2-3-22-42-34-19-11-18-33(24-34)28-39-35(21-20-29-12-6-4-7-13-29)37(41)36(25-30-14-8-5-9-15-30)40-27-32-17-10-16-31(23-32)26-38/h4-19,23-24,35-37,39-41H,2-3,20-22,25,27-28H2,1H3/t35-,36-,37-/m1/s1. The molecule has 3 N–H and O–H groups in total. The molecular formula is C37H43N3O2. The molecule has 0 aromatic heterocycles. The van der Waals surface area contributed by atoms with E-state index >= 15 is 0 Å². The highest BCUT2D eigenvalue weighted by molar-refractivity contribution is 5.33. The van der Waals surface area contributed by atoms with Gasteiger partial charge in [0.1, 0.15) is 5.75 Å². The molecule has 0 aliphatic heterocycles. The van der Waals surface area contributed by atoms with E-state index in [2.05, 4.69) is 72.2 Å². The van der Waals surface area contributed by atoms with Crippen LogP contribution in [-0.4, -0.2) is 29.9 Å². The van der Waals surface area contributed by atoms with Gasteiger partial charge >= 0.3 is 0 Å². The van der Waals surface area contributed by atoms with E-state index in [0.717, 1.165) is 49.2 Å². The zero-order chi connectivity index (χ0) is 29.4. The maximum atomic E-state index is 12.0. The summed E-state index contributed by atoms with van der Waals surface area (Å²) in [7, 11) is 0.